The predicted octanol–water partition coefficient (Wildman–Crippen LogP) is 4.54. The van der Waals surface area contributed by atoms with Gasteiger partial charge in [-0.15, -0.1) is 0 Å². The lowest BCUT2D eigenvalue weighted by Gasteiger charge is -2.13. The van der Waals surface area contributed by atoms with E-state index >= 15 is 0 Å². The Morgan fingerprint density at radius 1 is 0.913 bits per heavy atom. The van der Waals surface area contributed by atoms with Crippen molar-refractivity contribution in [3.8, 4) is 0 Å². The fraction of sp³-hybridized carbons (Fsp3) is 0.222. The molecule has 0 bridgehead atoms. The summed E-state index contributed by atoms with van der Waals surface area (Å²) in [6.07, 6.45) is -0.228. The van der Waals surface area contributed by atoms with Crippen molar-refractivity contribution in [3.05, 3.63) is 58.6 Å². The summed E-state index contributed by atoms with van der Waals surface area (Å²) in [6.45, 7) is 4.12. The van der Waals surface area contributed by atoms with Gasteiger partial charge < -0.3 is 10.6 Å². The van der Waals surface area contributed by atoms with Gasteiger partial charge in [0.1, 0.15) is 6.42 Å². The van der Waals surface area contributed by atoms with Crippen LogP contribution in [-0.2, 0) is 9.59 Å². The lowest BCUT2D eigenvalue weighted by molar-refractivity contribution is -0.123. The molecule has 0 aliphatic rings. The van der Waals surface area contributed by atoms with E-state index in [4.69, 9.17) is 0 Å². The highest BCUT2D eigenvalue weighted by atomic mass is 79.9. The normalized spacial score (nSPS) is 10.4. The summed E-state index contributed by atoms with van der Waals surface area (Å²) in [4.78, 5) is 24.1. The Balaban J connectivity index is 1.97. The molecule has 2 aromatic carbocycles. The van der Waals surface area contributed by atoms with E-state index in [1.807, 2.05) is 42.5 Å². The van der Waals surface area contributed by atoms with E-state index in [0.29, 0.717) is 11.6 Å². The molecule has 0 radical (unpaired) electrons. The maximum absolute atomic E-state index is 12.1. The summed E-state index contributed by atoms with van der Waals surface area (Å²) in [5, 5.41) is 5.53. The molecule has 2 aromatic rings. The molecular formula is C18H19BrN2O2. The number of rotatable bonds is 5. The van der Waals surface area contributed by atoms with Gasteiger partial charge in [-0.3, -0.25) is 9.59 Å². The molecule has 0 fully saturated rings. The lowest BCUT2D eigenvalue weighted by atomic mass is 10.0. The summed E-state index contributed by atoms with van der Waals surface area (Å²) in [5.74, 6) is -0.389. The zero-order chi connectivity index (χ0) is 16.8. The Labute approximate surface area is 144 Å². The molecule has 0 aliphatic carbocycles. The van der Waals surface area contributed by atoms with Gasteiger partial charge in [-0.05, 0) is 45.6 Å². The molecule has 2 N–H and O–H groups in total. The maximum atomic E-state index is 12.1. The smallest absolute Gasteiger partial charge is 0.233 e. The van der Waals surface area contributed by atoms with Gasteiger partial charge in [0.15, 0.2) is 0 Å². The Bertz CT molecular complexity index is 714. The largest absolute Gasteiger partial charge is 0.325 e. The molecule has 0 aromatic heterocycles. The van der Waals surface area contributed by atoms with Crippen molar-refractivity contribution in [2.24, 2.45) is 0 Å². The van der Waals surface area contributed by atoms with Crippen LogP contribution >= 0.6 is 15.9 Å². The van der Waals surface area contributed by atoms with Crippen LogP contribution in [0.1, 0.15) is 31.7 Å². The second kappa shape index (κ2) is 7.92. The average molecular weight is 375 g/mol. The van der Waals surface area contributed by atoms with E-state index in [2.05, 4.69) is 40.4 Å². The molecule has 0 saturated heterocycles. The number of hydrogen-bond donors (Lipinski definition) is 2. The number of nitrogens with one attached hydrogen (secondary N) is 2. The fourth-order valence-corrected chi connectivity index (χ4v) is 2.60. The third-order valence-corrected chi connectivity index (χ3v) is 4.02. The zero-order valence-electron chi connectivity index (χ0n) is 13.1. The number of carbonyl (C=O) groups is 2. The molecule has 0 saturated carbocycles. The van der Waals surface area contributed by atoms with Crippen LogP contribution in [0.2, 0.25) is 0 Å². The van der Waals surface area contributed by atoms with Crippen molar-refractivity contribution in [2.75, 3.05) is 10.6 Å². The zero-order valence-corrected chi connectivity index (χ0v) is 14.7. The van der Waals surface area contributed by atoms with Crippen LogP contribution in [0.25, 0.3) is 0 Å². The summed E-state index contributed by atoms with van der Waals surface area (Å²) in [5.41, 5.74) is 2.45. The Hall–Kier alpha value is -2.14. The first kappa shape index (κ1) is 17.2. The van der Waals surface area contributed by atoms with E-state index in [9.17, 15) is 9.59 Å². The second-order valence-corrected chi connectivity index (χ2v) is 6.35. The van der Waals surface area contributed by atoms with Crippen LogP contribution in [0.5, 0.6) is 0 Å². The SMILES string of the molecule is CC(C)c1ccccc1NC(=O)CC(=O)Nc1ccccc1Br. The van der Waals surface area contributed by atoms with Gasteiger partial charge in [-0.1, -0.05) is 44.2 Å². The van der Waals surface area contributed by atoms with E-state index in [0.717, 1.165) is 15.7 Å². The molecule has 120 valence electrons. The predicted molar refractivity (Wildman–Crippen MR) is 96.5 cm³/mol. The summed E-state index contributed by atoms with van der Waals surface area (Å²) in [7, 11) is 0. The van der Waals surface area contributed by atoms with Crippen molar-refractivity contribution < 1.29 is 9.59 Å². The highest BCUT2D eigenvalue weighted by Gasteiger charge is 2.13. The van der Waals surface area contributed by atoms with Crippen molar-refractivity contribution >= 4 is 39.1 Å². The van der Waals surface area contributed by atoms with E-state index in [1.165, 1.54) is 0 Å². The summed E-state index contributed by atoms with van der Waals surface area (Å²) >= 11 is 3.35. The molecule has 23 heavy (non-hydrogen) atoms. The van der Waals surface area contributed by atoms with Crippen molar-refractivity contribution in [1.29, 1.82) is 0 Å². The molecule has 0 atom stereocenters. The standard InChI is InChI=1S/C18H19BrN2O2/c1-12(2)13-7-3-5-9-15(13)20-17(22)11-18(23)21-16-10-6-4-8-14(16)19/h3-10,12H,11H2,1-2H3,(H,20,22)(H,21,23). The Morgan fingerprint density at radius 3 is 2.04 bits per heavy atom. The monoisotopic (exact) mass is 374 g/mol. The molecule has 0 spiro atoms. The first-order valence-corrected chi connectivity index (χ1v) is 8.20. The third-order valence-electron chi connectivity index (χ3n) is 3.33. The quantitative estimate of drug-likeness (QED) is 0.754. The fourth-order valence-electron chi connectivity index (χ4n) is 2.21. The highest BCUT2D eigenvalue weighted by molar-refractivity contribution is 9.10. The minimum Gasteiger partial charge on any atom is -0.325 e. The molecule has 2 amide bonds. The van der Waals surface area contributed by atoms with Crippen LogP contribution in [0.15, 0.2) is 53.0 Å². The molecule has 0 aliphatic heterocycles. The molecule has 2 rings (SSSR count). The number of anilines is 2. The molecular weight excluding hydrogens is 356 g/mol. The van der Waals surface area contributed by atoms with Gasteiger partial charge in [-0.2, -0.15) is 0 Å². The van der Waals surface area contributed by atoms with E-state index in [1.54, 1.807) is 6.07 Å². The van der Waals surface area contributed by atoms with Gasteiger partial charge >= 0.3 is 0 Å². The van der Waals surface area contributed by atoms with E-state index < -0.39 is 0 Å². The Kier molecular flexibility index (Phi) is 5.93. The molecule has 4 nitrogen and oxygen atoms in total. The van der Waals surface area contributed by atoms with Crippen LogP contribution < -0.4 is 10.6 Å². The molecule has 0 unspecified atom stereocenters. The van der Waals surface area contributed by atoms with Gasteiger partial charge in [0.2, 0.25) is 11.8 Å². The number of hydrogen-bond acceptors (Lipinski definition) is 2. The number of halogens is 1. The van der Waals surface area contributed by atoms with Crippen LogP contribution in [0.3, 0.4) is 0 Å². The van der Waals surface area contributed by atoms with Crippen LogP contribution in [0, 0.1) is 0 Å². The number of para-hydroxylation sites is 2. The second-order valence-electron chi connectivity index (χ2n) is 5.49. The Morgan fingerprint density at radius 2 is 1.43 bits per heavy atom. The minimum atomic E-state index is -0.351. The topological polar surface area (TPSA) is 58.2 Å². The summed E-state index contributed by atoms with van der Waals surface area (Å²) < 4.78 is 0.777. The summed E-state index contributed by atoms with van der Waals surface area (Å²) in [6, 6.07) is 14.9. The number of amides is 2. The highest BCUT2D eigenvalue weighted by Crippen LogP contribution is 2.24. The van der Waals surface area contributed by atoms with Gasteiger partial charge in [0.05, 0.1) is 5.69 Å². The third kappa shape index (κ3) is 4.93. The number of benzene rings is 2. The van der Waals surface area contributed by atoms with Gasteiger partial charge in [0, 0.05) is 10.2 Å². The van der Waals surface area contributed by atoms with Crippen molar-refractivity contribution in [2.45, 2.75) is 26.2 Å². The van der Waals surface area contributed by atoms with E-state index in [-0.39, 0.29) is 18.2 Å². The molecule has 0 heterocycles. The van der Waals surface area contributed by atoms with Crippen molar-refractivity contribution in [3.63, 3.8) is 0 Å². The lowest BCUT2D eigenvalue weighted by Crippen LogP contribution is -2.22. The number of carbonyl (C=O) groups excluding carboxylic acids is 2. The van der Waals surface area contributed by atoms with Gasteiger partial charge in [0.25, 0.3) is 0 Å². The van der Waals surface area contributed by atoms with Crippen molar-refractivity contribution in [1.82, 2.24) is 0 Å². The maximum Gasteiger partial charge on any atom is 0.233 e. The minimum absolute atomic E-state index is 0.228. The first-order chi connectivity index (χ1) is 11.0. The van der Waals surface area contributed by atoms with Crippen LogP contribution in [0.4, 0.5) is 11.4 Å². The van der Waals surface area contributed by atoms with Gasteiger partial charge in [-0.25, -0.2) is 0 Å². The average Bonchev–Trinajstić information content (AvgIpc) is 2.49. The molecule has 5 heteroatoms. The van der Waals surface area contributed by atoms with Crippen LogP contribution in [-0.4, -0.2) is 11.8 Å². The first-order valence-electron chi connectivity index (χ1n) is 7.40.